The first-order valence-corrected chi connectivity index (χ1v) is 9.98. The highest BCUT2D eigenvalue weighted by atomic mass is 32.1. The van der Waals surface area contributed by atoms with Gasteiger partial charge in [-0.05, 0) is 30.5 Å². The molecule has 0 aliphatic heterocycles. The van der Waals surface area contributed by atoms with Crippen LogP contribution in [0.4, 0.5) is 5.69 Å². The molecule has 1 N–H and O–H groups in total. The SMILES string of the molecule is CCc1ccc(-c2nc(CC(=O)OCC(=O)Nc3ccccc3C)cs2)cc1. The van der Waals surface area contributed by atoms with Crippen molar-refractivity contribution in [3.8, 4) is 10.6 Å². The summed E-state index contributed by atoms with van der Waals surface area (Å²) in [5.41, 5.74) is 4.60. The Morgan fingerprint density at radius 3 is 2.57 bits per heavy atom. The average molecular weight is 394 g/mol. The fourth-order valence-electron chi connectivity index (χ4n) is 2.65. The second-order valence-corrected chi connectivity index (χ2v) is 7.25. The summed E-state index contributed by atoms with van der Waals surface area (Å²) in [4.78, 5) is 28.5. The van der Waals surface area contributed by atoms with Gasteiger partial charge in [-0.15, -0.1) is 11.3 Å². The number of nitrogens with one attached hydrogen (secondary N) is 1. The smallest absolute Gasteiger partial charge is 0.312 e. The summed E-state index contributed by atoms with van der Waals surface area (Å²) in [5.74, 6) is -0.837. The number of para-hydroxylation sites is 1. The van der Waals surface area contributed by atoms with Crippen molar-refractivity contribution in [2.24, 2.45) is 0 Å². The molecule has 1 amide bonds. The number of aromatic nitrogens is 1. The Labute approximate surface area is 168 Å². The first-order chi connectivity index (χ1) is 13.5. The predicted octanol–water partition coefficient (Wildman–Crippen LogP) is 4.41. The van der Waals surface area contributed by atoms with Crippen molar-refractivity contribution in [2.75, 3.05) is 11.9 Å². The fourth-order valence-corrected chi connectivity index (χ4v) is 3.47. The number of amides is 1. The molecule has 0 fully saturated rings. The molecule has 3 aromatic rings. The van der Waals surface area contributed by atoms with Crippen LogP contribution in [0.15, 0.2) is 53.9 Å². The molecule has 2 aromatic carbocycles. The molecular weight excluding hydrogens is 372 g/mol. The van der Waals surface area contributed by atoms with Crippen LogP contribution in [-0.2, 0) is 27.2 Å². The average Bonchev–Trinajstić information content (AvgIpc) is 3.16. The number of nitrogens with zero attached hydrogens (tertiary/aromatic N) is 1. The molecule has 1 heterocycles. The van der Waals surface area contributed by atoms with Gasteiger partial charge in [0.1, 0.15) is 5.01 Å². The second-order valence-electron chi connectivity index (χ2n) is 6.40. The van der Waals surface area contributed by atoms with Gasteiger partial charge in [0.25, 0.3) is 5.91 Å². The van der Waals surface area contributed by atoms with Gasteiger partial charge < -0.3 is 10.1 Å². The fraction of sp³-hybridized carbons (Fsp3) is 0.227. The summed E-state index contributed by atoms with van der Waals surface area (Å²) in [7, 11) is 0. The van der Waals surface area contributed by atoms with Crippen molar-refractivity contribution >= 4 is 28.9 Å². The van der Waals surface area contributed by atoms with Crippen LogP contribution in [0.1, 0.15) is 23.7 Å². The van der Waals surface area contributed by atoms with E-state index >= 15 is 0 Å². The number of ether oxygens (including phenoxy) is 1. The van der Waals surface area contributed by atoms with E-state index < -0.39 is 5.97 Å². The van der Waals surface area contributed by atoms with E-state index in [0.29, 0.717) is 11.4 Å². The highest BCUT2D eigenvalue weighted by molar-refractivity contribution is 7.13. The number of rotatable bonds is 7. The molecule has 0 radical (unpaired) electrons. The van der Waals surface area contributed by atoms with E-state index in [1.54, 1.807) is 6.07 Å². The highest BCUT2D eigenvalue weighted by Gasteiger charge is 2.12. The first-order valence-electron chi connectivity index (χ1n) is 9.10. The van der Waals surface area contributed by atoms with Gasteiger partial charge in [-0.25, -0.2) is 4.98 Å². The summed E-state index contributed by atoms with van der Waals surface area (Å²) in [5, 5.41) is 5.44. The minimum Gasteiger partial charge on any atom is -0.455 e. The molecule has 0 unspecified atom stereocenters. The third-order valence-corrected chi connectivity index (χ3v) is 5.21. The summed E-state index contributed by atoms with van der Waals surface area (Å²) in [6.45, 7) is 3.70. The van der Waals surface area contributed by atoms with E-state index in [2.05, 4.69) is 29.4 Å². The summed E-state index contributed by atoms with van der Waals surface area (Å²) in [6.07, 6.45) is 1.04. The van der Waals surface area contributed by atoms with Gasteiger partial charge in [0, 0.05) is 16.6 Å². The zero-order valence-corrected chi connectivity index (χ0v) is 16.7. The van der Waals surface area contributed by atoms with E-state index in [0.717, 1.165) is 22.6 Å². The molecule has 0 aliphatic rings. The van der Waals surface area contributed by atoms with Crippen molar-refractivity contribution in [2.45, 2.75) is 26.7 Å². The van der Waals surface area contributed by atoms with Gasteiger partial charge in [0.2, 0.25) is 0 Å². The summed E-state index contributed by atoms with van der Waals surface area (Å²) in [6, 6.07) is 15.7. The Hall–Kier alpha value is -2.99. The molecule has 0 saturated heterocycles. The van der Waals surface area contributed by atoms with Crippen LogP contribution in [0.2, 0.25) is 0 Å². The lowest BCUT2D eigenvalue weighted by Crippen LogP contribution is -2.22. The number of benzene rings is 2. The van der Waals surface area contributed by atoms with E-state index in [9.17, 15) is 9.59 Å². The van der Waals surface area contributed by atoms with Gasteiger partial charge in [0.05, 0.1) is 12.1 Å². The number of anilines is 1. The number of aryl methyl sites for hydroxylation is 2. The topological polar surface area (TPSA) is 68.3 Å². The number of carbonyl (C=O) groups is 2. The Kier molecular flexibility index (Phi) is 6.55. The van der Waals surface area contributed by atoms with Gasteiger partial charge in [-0.3, -0.25) is 9.59 Å². The first kappa shape index (κ1) is 19.8. The largest absolute Gasteiger partial charge is 0.455 e. The lowest BCUT2D eigenvalue weighted by molar-refractivity contribution is -0.146. The zero-order chi connectivity index (χ0) is 19.9. The maximum atomic E-state index is 12.0. The maximum Gasteiger partial charge on any atom is 0.312 e. The van der Waals surface area contributed by atoms with Crippen LogP contribution in [0.5, 0.6) is 0 Å². The van der Waals surface area contributed by atoms with Gasteiger partial charge in [-0.2, -0.15) is 0 Å². The Morgan fingerprint density at radius 1 is 1.11 bits per heavy atom. The molecule has 0 saturated carbocycles. The molecule has 28 heavy (non-hydrogen) atoms. The van der Waals surface area contributed by atoms with Crippen LogP contribution in [-0.4, -0.2) is 23.5 Å². The van der Waals surface area contributed by atoms with E-state index in [4.69, 9.17) is 4.74 Å². The molecule has 1 aromatic heterocycles. The highest BCUT2D eigenvalue weighted by Crippen LogP contribution is 2.24. The van der Waals surface area contributed by atoms with E-state index in [1.165, 1.54) is 16.9 Å². The quantitative estimate of drug-likeness (QED) is 0.603. The maximum absolute atomic E-state index is 12.0. The summed E-state index contributed by atoms with van der Waals surface area (Å²) >= 11 is 1.49. The van der Waals surface area contributed by atoms with E-state index in [1.807, 2.05) is 42.6 Å². The molecule has 0 bridgehead atoms. The Balaban J connectivity index is 1.50. The predicted molar refractivity (Wildman–Crippen MR) is 111 cm³/mol. The van der Waals surface area contributed by atoms with Crippen LogP contribution < -0.4 is 5.32 Å². The van der Waals surface area contributed by atoms with Gasteiger partial charge in [-0.1, -0.05) is 49.4 Å². The second kappa shape index (κ2) is 9.28. The molecule has 5 nitrogen and oxygen atoms in total. The van der Waals surface area contributed by atoms with E-state index in [-0.39, 0.29) is 18.9 Å². The lowest BCUT2D eigenvalue weighted by atomic mass is 10.1. The van der Waals surface area contributed by atoms with Crippen molar-refractivity contribution in [1.82, 2.24) is 4.98 Å². The van der Waals surface area contributed by atoms with Gasteiger partial charge >= 0.3 is 5.97 Å². The monoisotopic (exact) mass is 394 g/mol. The number of hydrogen-bond donors (Lipinski definition) is 1. The number of thiazole rings is 1. The van der Waals surface area contributed by atoms with Crippen LogP contribution in [0.3, 0.4) is 0 Å². The normalized spacial score (nSPS) is 10.5. The zero-order valence-electron chi connectivity index (χ0n) is 15.9. The molecule has 6 heteroatoms. The van der Waals surface area contributed by atoms with Crippen molar-refractivity contribution in [1.29, 1.82) is 0 Å². The summed E-state index contributed by atoms with van der Waals surface area (Å²) < 4.78 is 5.08. The molecule has 0 spiro atoms. The van der Waals surface area contributed by atoms with Crippen molar-refractivity contribution in [3.05, 3.63) is 70.7 Å². The molecule has 0 atom stereocenters. The minimum atomic E-state index is -0.474. The van der Waals surface area contributed by atoms with Gasteiger partial charge in [0.15, 0.2) is 6.61 Å². The third-order valence-electron chi connectivity index (χ3n) is 4.27. The third kappa shape index (κ3) is 5.27. The molecule has 144 valence electrons. The molecule has 0 aliphatic carbocycles. The lowest BCUT2D eigenvalue weighted by Gasteiger charge is -2.08. The standard InChI is InChI=1S/C22H22N2O3S/c1-3-16-8-10-17(11-9-16)22-23-18(14-28-22)12-21(26)27-13-20(25)24-19-7-5-4-6-15(19)2/h4-11,14H,3,12-13H2,1-2H3,(H,24,25). The van der Waals surface area contributed by atoms with Crippen LogP contribution in [0, 0.1) is 6.92 Å². The number of carbonyl (C=O) groups excluding carboxylic acids is 2. The molecular formula is C22H22N2O3S. The Morgan fingerprint density at radius 2 is 1.86 bits per heavy atom. The van der Waals surface area contributed by atoms with Crippen molar-refractivity contribution < 1.29 is 14.3 Å². The number of hydrogen-bond acceptors (Lipinski definition) is 5. The molecule has 3 rings (SSSR count). The Bertz CT molecular complexity index is 964. The number of esters is 1. The van der Waals surface area contributed by atoms with Crippen LogP contribution in [0.25, 0.3) is 10.6 Å². The minimum absolute atomic E-state index is 0.0428. The van der Waals surface area contributed by atoms with Crippen LogP contribution >= 0.6 is 11.3 Å². The van der Waals surface area contributed by atoms with Crippen molar-refractivity contribution in [3.63, 3.8) is 0 Å².